The maximum absolute atomic E-state index is 11.3. The quantitative estimate of drug-likeness (QED) is 0.638. The third kappa shape index (κ3) is 3.27. The summed E-state index contributed by atoms with van der Waals surface area (Å²) in [6.07, 6.45) is 3.50. The third-order valence-corrected chi connectivity index (χ3v) is 2.58. The average molecular weight is 200 g/mol. The van der Waals surface area contributed by atoms with Gasteiger partial charge in [-0.05, 0) is 26.2 Å². The van der Waals surface area contributed by atoms with Crippen LogP contribution in [0.5, 0.6) is 0 Å². The van der Waals surface area contributed by atoms with Crippen molar-refractivity contribution in [3.05, 3.63) is 0 Å². The van der Waals surface area contributed by atoms with Crippen LogP contribution in [0.3, 0.4) is 0 Å². The van der Waals surface area contributed by atoms with E-state index in [1.54, 1.807) is 7.11 Å². The highest BCUT2D eigenvalue weighted by Crippen LogP contribution is 2.07. The zero-order chi connectivity index (χ0) is 10.4. The van der Waals surface area contributed by atoms with Gasteiger partial charge in [0.05, 0.1) is 12.7 Å². The zero-order valence-electron chi connectivity index (χ0n) is 9.08. The van der Waals surface area contributed by atoms with Crippen molar-refractivity contribution in [2.24, 2.45) is 0 Å². The van der Waals surface area contributed by atoms with Gasteiger partial charge in [0.1, 0.15) is 0 Å². The number of rotatable bonds is 6. The van der Waals surface area contributed by atoms with Crippen LogP contribution in [0.25, 0.3) is 0 Å². The highest BCUT2D eigenvalue weighted by molar-refractivity contribution is 5.80. The minimum atomic E-state index is 0.213. The number of ether oxygens (including phenoxy) is 1. The van der Waals surface area contributed by atoms with Crippen molar-refractivity contribution in [3.63, 3.8) is 0 Å². The van der Waals surface area contributed by atoms with Crippen LogP contribution in [-0.2, 0) is 9.53 Å². The Morgan fingerprint density at radius 2 is 2.29 bits per heavy atom. The molecule has 82 valence electrons. The van der Waals surface area contributed by atoms with Crippen molar-refractivity contribution in [2.75, 3.05) is 26.8 Å². The molecule has 4 heteroatoms. The monoisotopic (exact) mass is 200 g/mol. The molecule has 1 heterocycles. The van der Waals surface area contributed by atoms with Crippen LogP contribution in [0.1, 0.15) is 26.2 Å². The number of carbonyl (C=O) groups is 1. The molecule has 0 spiro atoms. The van der Waals surface area contributed by atoms with E-state index < -0.39 is 0 Å². The molecule has 14 heavy (non-hydrogen) atoms. The van der Waals surface area contributed by atoms with Gasteiger partial charge in [-0.3, -0.25) is 10.1 Å². The smallest absolute Gasteiger partial charge is 0.237 e. The van der Waals surface area contributed by atoms with Crippen LogP contribution < -0.4 is 5.32 Å². The number of hydrogen-bond acceptors (Lipinski definition) is 3. The lowest BCUT2D eigenvalue weighted by atomic mass is 10.2. The largest absolute Gasteiger partial charge is 0.385 e. The maximum Gasteiger partial charge on any atom is 0.237 e. The van der Waals surface area contributed by atoms with Gasteiger partial charge in [0.15, 0.2) is 0 Å². The molecule has 1 fully saturated rings. The first-order valence-electron chi connectivity index (χ1n) is 5.27. The molecule has 0 aliphatic carbocycles. The summed E-state index contributed by atoms with van der Waals surface area (Å²) in [6.45, 7) is 4.22. The molecule has 0 radical (unpaired) electrons. The molecule has 1 rings (SSSR count). The Labute approximate surface area is 85.6 Å². The lowest BCUT2D eigenvalue weighted by Gasteiger charge is -2.20. The summed E-state index contributed by atoms with van der Waals surface area (Å²) in [7, 11) is 1.72. The van der Waals surface area contributed by atoms with E-state index in [1.165, 1.54) is 0 Å². The van der Waals surface area contributed by atoms with Crippen LogP contribution in [0.2, 0.25) is 0 Å². The van der Waals surface area contributed by atoms with Gasteiger partial charge in [-0.2, -0.15) is 0 Å². The summed E-state index contributed by atoms with van der Waals surface area (Å²) in [5, 5.41) is 3.12. The van der Waals surface area contributed by atoms with E-state index in [2.05, 4.69) is 5.32 Å². The topological polar surface area (TPSA) is 41.6 Å². The molecular weight excluding hydrogens is 180 g/mol. The molecule has 4 nitrogen and oxygen atoms in total. The van der Waals surface area contributed by atoms with Gasteiger partial charge in [0, 0.05) is 20.3 Å². The van der Waals surface area contributed by atoms with Gasteiger partial charge in [-0.15, -0.1) is 0 Å². The fraction of sp³-hybridized carbons (Fsp3) is 0.900. The van der Waals surface area contributed by atoms with Crippen molar-refractivity contribution in [1.82, 2.24) is 10.2 Å². The van der Waals surface area contributed by atoms with Gasteiger partial charge in [0.25, 0.3) is 0 Å². The van der Waals surface area contributed by atoms with Crippen LogP contribution in [0.4, 0.5) is 0 Å². The molecule has 0 bridgehead atoms. The second kappa shape index (κ2) is 5.98. The predicted octanol–water partition coefficient (Wildman–Crippen LogP) is 0.581. The molecule has 0 saturated carbocycles. The lowest BCUT2D eigenvalue weighted by molar-refractivity contribution is -0.127. The number of nitrogens with zero attached hydrogens (tertiary/aromatic N) is 1. The molecule has 1 N–H and O–H groups in total. The minimum absolute atomic E-state index is 0.213. The zero-order valence-corrected chi connectivity index (χ0v) is 9.08. The van der Waals surface area contributed by atoms with E-state index in [0.717, 1.165) is 32.4 Å². The van der Waals surface area contributed by atoms with Crippen molar-refractivity contribution >= 4 is 5.91 Å². The van der Waals surface area contributed by atoms with Crippen molar-refractivity contribution in [1.29, 1.82) is 0 Å². The third-order valence-electron chi connectivity index (χ3n) is 2.58. The Hall–Kier alpha value is -0.610. The van der Waals surface area contributed by atoms with Gasteiger partial charge in [-0.1, -0.05) is 0 Å². The van der Waals surface area contributed by atoms with E-state index in [-0.39, 0.29) is 12.1 Å². The predicted molar refractivity (Wildman–Crippen MR) is 54.9 cm³/mol. The Bertz CT molecular complexity index is 185. The first-order chi connectivity index (χ1) is 6.75. The van der Waals surface area contributed by atoms with E-state index in [1.807, 2.05) is 11.8 Å². The maximum atomic E-state index is 11.3. The standard InChI is InChI=1S/C10H20N2O2/c1-9-11-8-10(13)12(9)6-4-3-5-7-14-2/h9,11H,3-8H2,1-2H3. The fourth-order valence-electron chi connectivity index (χ4n) is 1.69. The summed E-state index contributed by atoms with van der Waals surface area (Å²) in [4.78, 5) is 13.3. The summed E-state index contributed by atoms with van der Waals surface area (Å²) in [6, 6.07) is 0. The number of carbonyl (C=O) groups excluding carboxylic acids is 1. The van der Waals surface area contributed by atoms with Crippen molar-refractivity contribution < 1.29 is 9.53 Å². The number of nitrogens with one attached hydrogen (secondary N) is 1. The summed E-state index contributed by atoms with van der Waals surface area (Å²) in [5.41, 5.74) is 0. The SMILES string of the molecule is COCCCCCN1C(=O)CNC1C. The molecule has 1 saturated heterocycles. The summed E-state index contributed by atoms with van der Waals surface area (Å²) >= 11 is 0. The number of hydrogen-bond donors (Lipinski definition) is 1. The number of methoxy groups -OCH3 is 1. The van der Waals surface area contributed by atoms with E-state index in [0.29, 0.717) is 6.54 Å². The Balaban J connectivity index is 2.08. The van der Waals surface area contributed by atoms with Gasteiger partial charge < -0.3 is 9.64 Å². The van der Waals surface area contributed by atoms with Crippen LogP contribution >= 0.6 is 0 Å². The number of amides is 1. The second-order valence-corrected chi connectivity index (χ2v) is 3.70. The lowest BCUT2D eigenvalue weighted by Crippen LogP contribution is -2.35. The van der Waals surface area contributed by atoms with Crippen molar-refractivity contribution in [3.8, 4) is 0 Å². The van der Waals surface area contributed by atoms with Crippen LogP contribution in [0.15, 0.2) is 0 Å². The summed E-state index contributed by atoms with van der Waals surface area (Å²) in [5.74, 6) is 0.226. The normalized spacial score (nSPS) is 22.0. The Morgan fingerprint density at radius 1 is 1.50 bits per heavy atom. The first-order valence-corrected chi connectivity index (χ1v) is 5.27. The molecule has 1 amide bonds. The molecular formula is C10H20N2O2. The van der Waals surface area contributed by atoms with E-state index >= 15 is 0 Å². The van der Waals surface area contributed by atoms with Gasteiger partial charge in [0.2, 0.25) is 5.91 Å². The highest BCUT2D eigenvalue weighted by Gasteiger charge is 2.25. The number of unbranched alkanes of at least 4 members (excludes halogenated alkanes) is 2. The van der Waals surface area contributed by atoms with Crippen LogP contribution in [0, 0.1) is 0 Å². The molecule has 1 atom stereocenters. The van der Waals surface area contributed by atoms with Gasteiger partial charge >= 0.3 is 0 Å². The Kier molecular flexibility index (Phi) is 4.90. The molecule has 1 aliphatic heterocycles. The first kappa shape index (κ1) is 11.5. The molecule has 1 aliphatic rings. The molecule has 0 aromatic carbocycles. The average Bonchev–Trinajstić information content (AvgIpc) is 2.48. The highest BCUT2D eigenvalue weighted by atomic mass is 16.5. The fourth-order valence-corrected chi connectivity index (χ4v) is 1.69. The van der Waals surface area contributed by atoms with Crippen molar-refractivity contribution in [2.45, 2.75) is 32.4 Å². The van der Waals surface area contributed by atoms with Crippen LogP contribution in [-0.4, -0.2) is 43.8 Å². The van der Waals surface area contributed by atoms with E-state index in [4.69, 9.17) is 4.74 Å². The molecule has 0 aromatic heterocycles. The van der Waals surface area contributed by atoms with E-state index in [9.17, 15) is 4.79 Å². The van der Waals surface area contributed by atoms with Gasteiger partial charge in [-0.25, -0.2) is 0 Å². The summed E-state index contributed by atoms with van der Waals surface area (Å²) < 4.78 is 4.96. The minimum Gasteiger partial charge on any atom is -0.385 e. The second-order valence-electron chi connectivity index (χ2n) is 3.70. The Morgan fingerprint density at radius 3 is 2.86 bits per heavy atom. The molecule has 1 unspecified atom stereocenters. The molecule has 0 aromatic rings.